The van der Waals surface area contributed by atoms with Crippen LogP contribution in [0.25, 0.3) is 16.5 Å². The minimum Gasteiger partial charge on any atom is -0.496 e. The highest BCUT2D eigenvalue weighted by Crippen LogP contribution is 2.41. The lowest BCUT2D eigenvalue weighted by molar-refractivity contribution is 0.0773. The minimum atomic E-state index is 0.0455. The number of carbonyl (C=O) groups excluding carboxylic acids is 1. The molecule has 0 saturated heterocycles. The fourth-order valence-electron chi connectivity index (χ4n) is 4.18. The molecule has 4 rings (SSSR count). The number of hydrogen-bond acceptors (Lipinski definition) is 4. The predicted octanol–water partition coefficient (Wildman–Crippen LogP) is 4.74. The summed E-state index contributed by atoms with van der Waals surface area (Å²) < 4.78 is 16.5. The van der Waals surface area contributed by atoms with Crippen molar-refractivity contribution in [1.29, 1.82) is 0 Å². The van der Waals surface area contributed by atoms with Gasteiger partial charge in [0.25, 0.3) is 5.91 Å². The average molecular weight is 421 g/mol. The molecule has 1 amide bonds. The van der Waals surface area contributed by atoms with Crippen molar-refractivity contribution in [3.63, 3.8) is 0 Å². The highest BCUT2D eigenvalue weighted by atomic mass is 16.5. The molecular formula is C25H28N2O4. The van der Waals surface area contributed by atoms with Crippen molar-refractivity contribution in [3.8, 4) is 17.2 Å². The molecule has 0 radical (unpaired) electrons. The number of ether oxygens (including phenoxy) is 3. The molecule has 0 unspecified atom stereocenters. The topological polar surface area (TPSA) is 63.8 Å². The van der Waals surface area contributed by atoms with Gasteiger partial charge >= 0.3 is 0 Å². The highest BCUT2D eigenvalue weighted by Gasteiger charge is 2.24. The van der Waals surface area contributed by atoms with Crippen molar-refractivity contribution in [2.75, 3.05) is 34.4 Å². The van der Waals surface area contributed by atoms with E-state index in [9.17, 15) is 4.79 Å². The number of methoxy groups -OCH3 is 3. The fourth-order valence-corrected chi connectivity index (χ4v) is 4.18. The number of carbonyl (C=O) groups is 1. The van der Waals surface area contributed by atoms with Crippen molar-refractivity contribution in [1.82, 2.24) is 9.88 Å². The summed E-state index contributed by atoms with van der Waals surface area (Å²) in [7, 11) is 4.89. The van der Waals surface area contributed by atoms with Gasteiger partial charge in [-0.15, -0.1) is 0 Å². The van der Waals surface area contributed by atoms with E-state index in [1.807, 2.05) is 35.2 Å². The summed E-state index contributed by atoms with van der Waals surface area (Å²) in [5, 5.41) is 1.10. The van der Waals surface area contributed by atoms with Crippen molar-refractivity contribution in [3.05, 3.63) is 58.8 Å². The lowest BCUT2D eigenvalue weighted by atomic mass is 9.96. The summed E-state index contributed by atoms with van der Waals surface area (Å²) in [4.78, 5) is 18.4. The molecule has 0 bridgehead atoms. The van der Waals surface area contributed by atoms with E-state index in [1.54, 1.807) is 21.3 Å². The van der Waals surface area contributed by atoms with Crippen LogP contribution in [-0.4, -0.2) is 50.2 Å². The largest absolute Gasteiger partial charge is 0.496 e. The lowest BCUT2D eigenvalue weighted by Crippen LogP contribution is -2.34. The molecule has 1 aliphatic rings. The normalized spacial score (nSPS) is 13.8. The number of aromatic amines is 1. The van der Waals surface area contributed by atoms with Crippen molar-refractivity contribution in [2.45, 2.75) is 20.3 Å². The maximum Gasteiger partial charge on any atom is 0.254 e. The third-order valence-electron chi connectivity index (χ3n) is 6.09. The Morgan fingerprint density at radius 3 is 2.29 bits per heavy atom. The molecule has 2 heterocycles. The number of H-pyrrole nitrogens is 1. The van der Waals surface area contributed by atoms with E-state index in [0.29, 0.717) is 35.9 Å². The van der Waals surface area contributed by atoms with Crippen molar-refractivity contribution < 1.29 is 19.0 Å². The Hall–Kier alpha value is -3.41. The van der Waals surface area contributed by atoms with Gasteiger partial charge in [-0.25, -0.2) is 0 Å². The summed E-state index contributed by atoms with van der Waals surface area (Å²) in [6.07, 6.45) is 2.80. The number of aromatic nitrogens is 1. The number of fused-ring (bicyclic) bond motifs is 1. The third-order valence-corrected chi connectivity index (χ3v) is 6.09. The SMILES string of the molecule is COc1cc(OC)c(C2=CCN(C(=O)c3ccc4[nH]c(C)c(C)c4c3)CC2)c(OC)c1. The third kappa shape index (κ3) is 3.74. The van der Waals surface area contributed by atoms with Crippen molar-refractivity contribution >= 4 is 22.4 Å². The smallest absolute Gasteiger partial charge is 0.254 e. The molecule has 0 saturated carbocycles. The first-order valence-corrected chi connectivity index (χ1v) is 10.3. The Morgan fingerprint density at radius 1 is 1.00 bits per heavy atom. The second-order valence-electron chi connectivity index (χ2n) is 7.77. The lowest BCUT2D eigenvalue weighted by Gasteiger charge is -2.28. The number of amides is 1. The summed E-state index contributed by atoms with van der Waals surface area (Å²) in [6.45, 7) is 5.30. The van der Waals surface area contributed by atoms with Crippen molar-refractivity contribution in [2.24, 2.45) is 0 Å². The predicted molar refractivity (Wildman–Crippen MR) is 122 cm³/mol. The Morgan fingerprint density at radius 2 is 1.71 bits per heavy atom. The molecular weight excluding hydrogens is 392 g/mol. The van der Waals surface area contributed by atoms with Crippen LogP contribution in [0, 0.1) is 13.8 Å². The molecule has 0 aliphatic carbocycles. The van der Waals surface area contributed by atoms with E-state index in [4.69, 9.17) is 14.2 Å². The second kappa shape index (κ2) is 8.38. The van der Waals surface area contributed by atoms with Crippen LogP contribution in [0.2, 0.25) is 0 Å². The van der Waals surface area contributed by atoms with Crippen LogP contribution >= 0.6 is 0 Å². The molecule has 2 aromatic carbocycles. The van der Waals surface area contributed by atoms with E-state index in [-0.39, 0.29) is 5.91 Å². The van der Waals surface area contributed by atoms with Crippen LogP contribution < -0.4 is 14.2 Å². The maximum absolute atomic E-state index is 13.2. The molecule has 1 N–H and O–H groups in total. The number of aryl methyl sites for hydroxylation is 2. The quantitative estimate of drug-likeness (QED) is 0.648. The Kier molecular flexibility index (Phi) is 5.63. The highest BCUT2D eigenvalue weighted by molar-refractivity contribution is 5.99. The first kappa shape index (κ1) is 20.8. The molecule has 0 fully saturated rings. The Labute approximate surface area is 182 Å². The van der Waals surface area contributed by atoms with Gasteiger partial charge in [-0.1, -0.05) is 6.08 Å². The first-order chi connectivity index (χ1) is 15.0. The zero-order valence-electron chi connectivity index (χ0n) is 18.7. The van der Waals surface area contributed by atoms with Gasteiger partial charge in [0.2, 0.25) is 0 Å². The number of benzene rings is 2. The monoisotopic (exact) mass is 420 g/mol. The molecule has 1 aromatic heterocycles. The first-order valence-electron chi connectivity index (χ1n) is 10.3. The van der Waals surface area contributed by atoms with Gasteiger partial charge < -0.3 is 24.1 Å². The molecule has 1 aliphatic heterocycles. The molecule has 31 heavy (non-hydrogen) atoms. The Balaban J connectivity index is 1.60. The standard InChI is InChI=1S/C25H28N2O4/c1-15-16(2)26-21-7-6-18(12-20(15)21)25(28)27-10-8-17(9-11-27)24-22(30-4)13-19(29-3)14-23(24)31-5/h6-8,12-14,26H,9-11H2,1-5H3. The minimum absolute atomic E-state index is 0.0455. The van der Waals surface area contributed by atoms with E-state index < -0.39 is 0 Å². The zero-order chi connectivity index (χ0) is 22.1. The maximum atomic E-state index is 13.2. The van der Waals surface area contributed by atoms with E-state index in [1.165, 1.54) is 5.56 Å². The zero-order valence-corrected chi connectivity index (χ0v) is 18.7. The van der Waals surface area contributed by atoms with Gasteiger partial charge in [0.05, 0.1) is 26.9 Å². The average Bonchev–Trinajstić information content (AvgIpc) is 3.10. The molecule has 6 nitrogen and oxygen atoms in total. The summed E-state index contributed by atoms with van der Waals surface area (Å²) >= 11 is 0. The van der Waals surface area contributed by atoms with Gasteiger partial charge in [-0.3, -0.25) is 4.79 Å². The van der Waals surface area contributed by atoms with Crippen LogP contribution in [0.4, 0.5) is 0 Å². The van der Waals surface area contributed by atoms with E-state index in [0.717, 1.165) is 34.2 Å². The molecule has 3 aromatic rings. The van der Waals surface area contributed by atoms with Crippen LogP contribution in [0.3, 0.4) is 0 Å². The molecule has 0 atom stereocenters. The number of rotatable bonds is 5. The fraction of sp³-hybridized carbons (Fsp3) is 0.320. The molecule has 162 valence electrons. The van der Waals surface area contributed by atoms with Gasteiger partial charge in [-0.2, -0.15) is 0 Å². The number of hydrogen-bond donors (Lipinski definition) is 1. The van der Waals surface area contributed by atoms with Gasteiger partial charge in [0.15, 0.2) is 0 Å². The van der Waals surface area contributed by atoms with Gasteiger partial charge in [-0.05, 0) is 49.6 Å². The van der Waals surface area contributed by atoms with Crippen LogP contribution in [-0.2, 0) is 0 Å². The second-order valence-corrected chi connectivity index (χ2v) is 7.77. The van der Waals surface area contributed by atoms with Crippen LogP contribution in [0.1, 0.15) is 33.6 Å². The van der Waals surface area contributed by atoms with Gasteiger partial charge in [0.1, 0.15) is 17.2 Å². The molecule has 6 heteroatoms. The molecule has 0 spiro atoms. The summed E-state index contributed by atoms with van der Waals surface area (Å²) in [6, 6.07) is 9.58. The van der Waals surface area contributed by atoms with Crippen LogP contribution in [0.15, 0.2) is 36.4 Å². The summed E-state index contributed by atoms with van der Waals surface area (Å²) in [5.74, 6) is 2.12. The number of nitrogens with one attached hydrogen (secondary N) is 1. The Bertz CT molecular complexity index is 1150. The number of nitrogens with zero attached hydrogens (tertiary/aromatic N) is 1. The van der Waals surface area contributed by atoms with E-state index in [2.05, 4.69) is 24.9 Å². The van der Waals surface area contributed by atoms with Crippen LogP contribution in [0.5, 0.6) is 17.2 Å². The van der Waals surface area contributed by atoms with E-state index >= 15 is 0 Å². The summed E-state index contributed by atoms with van der Waals surface area (Å²) in [5.41, 5.74) is 6.11. The van der Waals surface area contributed by atoms with Gasteiger partial charge in [0, 0.05) is 47.4 Å².